The van der Waals surface area contributed by atoms with Crippen molar-refractivity contribution in [3.8, 4) is 0 Å². The summed E-state index contributed by atoms with van der Waals surface area (Å²) in [6.45, 7) is 3.96. The molecule has 0 aliphatic heterocycles. The number of methoxy groups -OCH3 is 1. The fourth-order valence-corrected chi connectivity index (χ4v) is 3.87. The van der Waals surface area contributed by atoms with E-state index in [9.17, 15) is 4.79 Å². The number of carboxylic acid groups (broad SMARTS) is 1. The van der Waals surface area contributed by atoms with Gasteiger partial charge in [0.2, 0.25) is 0 Å². The van der Waals surface area contributed by atoms with Crippen LogP contribution in [0.1, 0.15) is 53.0 Å². The Kier molecular flexibility index (Phi) is 3.73. The van der Waals surface area contributed by atoms with E-state index in [0.717, 1.165) is 24.3 Å². The molecule has 4 nitrogen and oxygen atoms in total. The SMILES string of the molecule is COC1(c2nc(C)c(C(=O)O)s2)CCCC(C)C1. The van der Waals surface area contributed by atoms with Crippen molar-refractivity contribution in [2.45, 2.75) is 45.1 Å². The maximum Gasteiger partial charge on any atom is 0.347 e. The van der Waals surface area contributed by atoms with Crippen LogP contribution in [-0.4, -0.2) is 23.2 Å². The number of rotatable bonds is 3. The summed E-state index contributed by atoms with van der Waals surface area (Å²) in [7, 11) is 1.70. The third-order valence-corrected chi connectivity index (χ3v) is 5.06. The Hall–Kier alpha value is -0.940. The lowest BCUT2D eigenvalue weighted by Gasteiger charge is -2.37. The summed E-state index contributed by atoms with van der Waals surface area (Å²) >= 11 is 1.26. The Morgan fingerprint density at radius 1 is 1.61 bits per heavy atom. The third kappa shape index (κ3) is 2.29. The monoisotopic (exact) mass is 269 g/mol. The van der Waals surface area contributed by atoms with Crippen LogP contribution in [0.3, 0.4) is 0 Å². The summed E-state index contributed by atoms with van der Waals surface area (Å²) < 4.78 is 5.74. The number of hydrogen-bond donors (Lipinski definition) is 1. The van der Waals surface area contributed by atoms with Crippen LogP contribution in [0, 0.1) is 12.8 Å². The lowest BCUT2D eigenvalue weighted by molar-refractivity contribution is -0.0581. The second-order valence-corrected chi connectivity index (χ2v) is 6.14. The van der Waals surface area contributed by atoms with Gasteiger partial charge in [0.1, 0.15) is 15.5 Å². The number of hydrogen-bond acceptors (Lipinski definition) is 4. The van der Waals surface area contributed by atoms with Crippen LogP contribution in [0.2, 0.25) is 0 Å². The molecule has 0 bridgehead atoms. The molecule has 1 heterocycles. The van der Waals surface area contributed by atoms with E-state index in [4.69, 9.17) is 9.84 Å². The van der Waals surface area contributed by atoms with Gasteiger partial charge in [-0.05, 0) is 32.1 Å². The van der Waals surface area contributed by atoms with Crippen LogP contribution in [0.4, 0.5) is 0 Å². The summed E-state index contributed by atoms with van der Waals surface area (Å²) in [4.78, 5) is 15.9. The topological polar surface area (TPSA) is 59.4 Å². The van der Waals surface area contributed by atoms with Gasteiger partial charge in [0.15, 0.2) is 0 Å². The number of thiazole rings is 1. The van der Waals surface area contributed by atoms with E-state index in [-0.39, 0.29) is 5.60 Å². The number of carbonyl (C=O) groups is 1. The first-order chi connectivity index (χ1) is 8.48. The van der Waals surface area contributed by atoms with Gasteiger partial charge in [0.25, 0.3) is 0 Å². The predicted molar refractivity (Wildman–Crippen MR) is 70.1 cm³/mol. The minimum absolute atomic E-state index is 0.333. The van der Waals surface area contributed by atoms with Gasteiger partial charge in [-0.25, -0.2) is 9.78 Å². The lowest BCUT2D eigenvalue weighted by atomic mass is 9.79. The molecular formula is C13H19NO3S. The average molecular weight is 269 g/mol. The van der Waals surface area contributed by atoms with E-state index < -0.39 is 5.97 Å². The summed E-state index contributed by atoms with van der Waals surface area (Å²) in [5, 5.41) is 9.94. The second-order valence-electron chi connectivity index (χ2n) is 5.14. The molecule has 5 heteroatoms. The van der Waals surface area contributed by atoms with Gasteiger partial charge in [-0.3, -0.25) is 0 Å². The molecule has 1 fully saturated rings. The Bertz CT molecular complexity index is 457. The van der Waals surface area contributed by atoms with Gasteiger partial charge in [0.05, 0.1) is 5.69 Å². The first-order valence-electron chi connectivity index (χ1n) is 6.25. The van der Waals surface area contributed by atoms with Crippen LogP contribution in [0.15, 0.2) is 0 Å². The molecule has 18 heavy (non-hydrogen) atoms. The van der Waals surface area contributed by atoms with Crippen molar-refractivity contribution in [1.29, 1.82) is 0 Å². The van der Waals surface area contributed by atoms with E-state index in [1.54, 1.807) is 14.0 Å². The molecule has 0 aromatic carbocycles. The zero-order valence-corrected chi connectivity index (χ0v) is 11.8. The van der Waals surface area contributed by atoms with Crippen molar-refractivity contribution < 1.29 is 14.6 Å². The third-order valence-electron chi connectivity index (χ3n) is 3.73. The Morgan fingerprint density at radius 2 is 2.33 bits per heavy atom. The van der Waals surface area contributed by atoms with Gasteiger partial charge in [-0.2, -0.15) is 0 Å². The molecule has 2 atom stereocenters. The zero-order chi connectivity index (χ0) is 13.3. The number of ether oxygens (including phenoxy) is 1. The molecule has 0 amide bonds. The minimum Gasteiger partial charge on any atom is -0.477 e. The molecule has 100 valence electrons. The molecule has 0 saturated heterocycles. The lowest BCUT2D eigenvalue weighted by Crippen LogP contribution is -2.34. The smallest absolute Gasteiger partial charge is 0.347 e. The Labute approximate surface area is 111 Å². The van der Waals surface area contributed by atoms with Crippen molar-refractivity contribution in [2.75, 3.05) is 7.11 Å². The fourth-order valence-electron chi connectivity index (χ4n) is 2.76. The quantitative estimate of drug-likeness (QED) is 0.915. The average Bonchev–Trinajstić information content (AvgIpc) is 2.72. The maximum absolute atomic E-state index is 11.1. The number of aryl methyl sites for hydroxylation is 1. The number of carboxylic acids is 1. The largest absolute Gasteiger partial charge is 0.477 e. The van der Waals surface area contributed by atoms with Crippen molar-refractivity contribution >= 4 is 17.3 Å². The van der Waals surface area contributed by atoms with E-state index >= 15 is 0 Å². The molecule has 1 aromatic rings. The minimum atomic E-state index is -0.897. The maximum atomic E-state index is 11.1. The highest BCUT2D eigenvalue weighted by Crippen LogP contribution is 2.44. The van der Waals surface area contributed by atoms with Crippen LogP contribution < -0.4 is 0 Å². The fraction of sp³-hybridized carbons (Fsp3) is 0.692. The number of nitrogens with zero attached hydrogens (tertiary/aromatic N) is 1. The van der Waals surface area contributed by atoms with Gasteiger partial charge >= 0.3 is 5.97 Å². The first kappa shape index (κ1) is 13.5. The highest BCUT2D eigenvalue weighted by atomic mass is 32.1. The Balaban J connectivity index is 2.38. The molecule has 1 saturated carbocycles. The predicted octanol–water partition coefficient (Wildman–Crippen LogP) is 3.20. The summed E-state index contributed by atoms with van der Waals surface area (Å²) in [6, 6.07) is 0. The van der Waals surface area contributed by atoms with Crippen LogP contribution in [-0.2, 0) is 10.3 Å². The van der Waals surface area contributed by atoms with E-state index in [1.807, 2.05) is 0 Å². The van der Waals surface area contributed by atoms with E-state index in [2.05, 4.69) is 11.9 Å². The van der Waals surface area contributed by atoms with E-state index in [0.29, 0.717) is 16.5 Å². The molecule has 0 radical (unpaired) electrons. The van der Waals surface area contributed by atoms with Crippen LogP contribution in [0.25, 0.3) is 0 Å². The van der Waals surface area contributed by atoms with Gasteiger partial charge in [0, 0.05) is 7.11 Å². The van der Waals surface area contributed by atoms with Crippen molar-refractivity contribution in [1.82, 2.24) is 4.98 Å². The second kappa shape index (κ2) is 4.97. The van der Waals surface area contributed by atoms with Gasteiger partial charge < -0.3 is 9.84 Å². The van der Waals surface area contributed by atoms with Gasteiger partial charge in [-0.15, -0.1) is 11.3 Å². The number of aromatic nitrogens is 1. The first-order valence-corrected chi connectivity index (χ1v) is 7.06. The highest BCUT2D eigenvalue weighted by molar-refractivity contribution is 7.13. The summed E-state index contributed by atoms with van der Waals surface area (Å²) in [6.07, 6.45) is 4.17. The van der Waals surface area contributed by atoms with Crippen LogP contribution in [0.5, 0.6) is 0 Å². The van der Waals surface area contributed by atoms with E-state index in [1.165, 1.54) is 17.8 Å². The standard InChI is InChI=1S/C13H19NO3S/c1-8-5-4-6-13(7-8,17-3)12-14-9(2)10(18-12)11(15)16/h8H,4-7H2,1-3H3,(H,15,16). The summed E-state index contributed by atoms with van der Waals surface area (Å²) in [5.74, 6) is -0.303. The molecule has 1 aromatic heterocycles. The number of aromatic carboxylic acids is 1. The van der Waals surface area contributed by atoms with Crippen LogP contribution >= 0.6 is 11.3 Å². The molecule has 1 aliphatic carbocycles. The summed E-state index contributed by atoms with van der Waals surface area (Å²) in [5.41, 5.74) is 0.220. The Morgan fingerprint density at radius 3 is 2.83 bits per heavy atom. The zero-order valence-electron chi connectivity index (χ0n) is 11.0. The van der Waals surface area contributed by atoms with Crippen molar-refractivity contribution in [2.24, 2.45) is 5.92 Å². The normalized spacial score (nSPS) is 28.3. The van der Waals surface area contributed by atoms with Crippen molar-refractivity contribution in [3.63, 3.8) is 0 Å². The molecule has 2 unspecified atom stereocenters. The molecule has 0 spiro atoms. The molecular weight excluding hydrogens is 250 g/mol. The highest BCUT2D eigenvalue weighted by Gasteiger charge is 2.40. The molecule has 1 aliphatic rings. The molecule has 1 N–H and O–H groups in total. The van der Waals surface area contributed by atoms with Gasteiger partial charge in [-0.1, -0.05) is 13.3 Å². The van der Waals surface area contributed by atoms with Crippen molar-refractivity contribution in [3.05, 3.63) is 15.6 Å². The molecule has 2 rings (SSSR count).